The number of methoxy groups -OCH3 is 2. The van der Waals surface area contributed by atoms with E-state index in [-0.39, 0.29) is 42.9 Å². The number of hydrogen-bond donors (Lipinski definition) is 2. The average molecular weight is 547 g/mol. The SMILES string of the molecule is CCNC(=NCC(O)c1cc(OC)cc(OC)c1)N(C)CCOc1ccccc1F.I. The molecule has 0 bridgehead atoms. The van der Waals surface area contributed by atoms with Crippen molar-refractivity contribution in [3.05, 3.63) is 53.8 Å². The van der Waals surface area contributed by atoms with Crippen molar-refractivity contribution in [2.24, 2.45) is 4.99 Å². The number of aliphatic hydroxyl groups is 1. The summed E-state index contributed by atoms with van der Waals surface area (Å²) in [5, 5.41) is 13.8. The minimum Gasteiger partial charge on any atom is -0.497 e. The van der Waals surface area contributed by atoms with Gasteiger partial charge in [0.15, 0.2) is 17.5 Å². The molecule has 0 saturated carbocycles. The highest BCUT2D eigenvalue weighted by molar-refractivity contribution is 14.0. The van der Waals surface area contributed by atoms with E-state index < -0.39 is 11.9 Å². The number of ether oxygens (including phenoxy) is 3. The summed E-state index contributed by atoms with van der Waals surface area (Å²) in [6, 6.07) is 11.5. The van der Waals surface area contributed by atoms with Crippen molar-refractivity contribution < 1.29 is 23.7 Å². The largest absolute Gasteiger partial charge is 0.497 e. The number of likely N-dealkylation sites (N-methyl/N-ethyl adjacent to an activating group) is 1. The highest BCUT2D eigenvalue weighted by Gasteiger charge is 2.13. The Labute approximate surface area is 200 Å². The van der Waals surface area contributed by atoms with Crippen molar-refractivity contribution >= 4 is 29.9 Å². The number of benzene rings is 2. The van der Waals surface area contributed by atoms with Crippen LogP contribution in [0.1, 0.15) is 18.6 Å². The lowest BCUT2D eigenvalue weighted by Crippen LogP contribution is -2.41. The predicted octanol–water partition coefficient (Wildman–Crippen LogP) is 3.47. The molecule has 9 heteroatoms. The third kappa shape index (κ3) is 8.41. The fourth-order valence-electron chi connectivity index (χ4n) is 2.73. The van der Waals surface area contributed by atoms with E-state index in [4.69, 9.17) is 14.2 Å². The molecule has 2 N–H and O–H groups in total. The van der Waals surface area contributed by atoms with Gasteiger partial charge in [-0.3, -0.25) is 4.99 Å². The van der Waals surface area contributed by atoms with Crippen LogP contribution in [0.5, 0.6) is 17.2 Å². The zero-order valence-corrected chi connectivity index (χ0v) is 20.6. The van der Waals surface area contributed by atoms with Crippen molar-refractivity contribution in [3.8, 4) is 17.2 Å². The highest BCUT2D eigenvalue weighted by Crippen LogP contribution is 2.26. The van der Waals surface area contributed by atoms with Crippen LogP contribution in [0.4, 0.5) is 4.39 Å². The fourth-order valence-corrected chi connectivity index (χ4v) is 2.73. The second kappa shape index (κ2) is 13.9. The van der Waals surface area contributed by atoms with Crippen LogP contribution in [-0.2, 0) is 0 Å². The smallest absolute Gasteiger partial charge is 0.193 e. The molecule has 0 aromatic heterocycles. The number of para-hydroxylation sites is 1. The van der Waals surface area contributed by atoms with E-state index in [0.717, 1.165) is 0 Å². The molecule has 1 atom stereocenters. The molecule has 0 heterocycles. The minimum atomic E-state index is -0.828. The summed E-state index contributed by atoms with van der Waals surface area (Å²) in [6.45, 7) is 3.56. The lowest BCUT2D eigenvalue weighted by atomic mass is 10.1. The molecule has 0 aliphatic carbocycles. The molecule has 1 unspecified atom stereocenters. The molecular formula is C22H31FIN3O4. The number of hydrogen-bond acceptors (Lipinski definition) is 5. The van der Waals surface area contributed by atoms with E-state index in [2.05, 4.69) is 10.3 Å². The molecule has 7 nitrogen and oxygen atoms in total. The Hall–Kier alpha value is -2.27. The van der Waals surface area contributed by atoms with E-state index in [1.807, 2.05) is 18.9 Å². The van der Waals surface area contributed by atoms with Gasteiger partial charge in [0.25, 0.3) is 0 Å². The first-order valence-corrected chi connectivity index (χ1v) is 9.76. The van der Waals surface area contributed by atoms with Crippen molar-refractivity contribution in [1.82, 2.24) is 10.2 Å². The number of aliphatic imine (C=N–C) groups is 1. The Bertz CT molecular complexity index is 816. The maximum atomic E-state index is 13.7. The van der Waals surface area contributed by atoms with Crippen LogP contribution in [-0.4, -0.2) is 63.5 Å². The van der Waals surface area contributed by atoms with Crippen LogP contribution >= 0.6 is 24.0 Å². The van der Waals surface area contributed by atoms with E-state index in [1.165, 1.54) is 6.07 Å². The summed E-state index contributed by atoms with van der Waals surface area (Å²) in [7, 11) is 4.97. The van der Waals surface area contributed by atoms with Gasteiger partial charge in [-0.2, -0.15) is 0 Å². The molecule has 31 heavy (non-hydrogen) atoms. The van der Waals surface area contributed by atoms with E-state index in [1.54, 1.807) is 50.6 Å². The second-order valence-corrected chi connectivity index (χ2v) is 6.56. The average Bonchev–Trinajstić information content (AvgIpc) is 2.77. The molecule has 2 aromatic carbocycles. The summed E-state index contributed by atoms with van der Waals surface area (Å²) in [5.41, 5.74) is 0.649. The topological polar surface area (TPSA) is 75.6 Å². The van der Waals surface area contributed by atoms with Gasteiger partial charge in [-0.05, 0) is 36.8 Å². The van der Waals surface area contributed by atoms with Gasteiger partial charge in [0.2, 0.25) is 0 Å². The fraction of sp³-hybridized carbons (Fsp3) is 0.409. The van der Waals surface area contributed by atoms with Crippen LogP contribution in [0.25, 0.3) is 0 Å². The number of halogens is 2. The van der Waals surface area contributed by atoms with Crippen molar-refractivity contribution in [2.45, 2.75) is 13.0 Å². The first-order valence-electron chi connectivity index (χ1n) is 9.76. The maximum Gasteiger partial charge on any atom is 0.193 e. The summed E-state index contributed by atoms with van der Waals surface area (Å²) < 4.78 is 29.7. The number of rotatable bonds is 10. The molecule has 0 fully saturated rings. The Morgan fingerprint density at radius 3 is 2.39 bits per heavy atom. The van der Waals surface area contributed by atoms with Gasteiger partial charge < -0.3 is 29.5 Å². The van der Waals surface area contributed by atoms with Crippen LogP contribution in [0.15, 0.2) is 47.5 Å². The highest BCUT2D eigenvalue weighted by atomic mass is 127. The quantitative estimate of drug-likeness (QED) is 0.270. The van der Waals surface area contributed by atoms with Crippen molar-refractivity contribution in [2.75, 3.05) is 47.5 Å². The number of guanidine groups is 1. The molecular weight excluding hydrogens is 516 g/mol. The summed E-state index contributed by atoms with van der Waals surface area (Å²) in [5.74, 6) is 1.64. The molecule has 0 aliphatic rings. The Morgan fingerprint density at radius 1 is 1.16 bits per heavy atom. The summed E-state index contributed by atoms with van der Waals surface area (Å²) >= 11 is 0. The maximum absolute atomic E-state index is 13.7. The number of nitrogens with zero attached hydrogens (tertiary/aromatic N) is 2. The zero-order chi connectivity index (χ0) is 21.9. The molecule has 2 aromatic rings. The molecule has 2 rings (SSSR count). The Morgan fingerprint density at radius 2 is 1.81 bits per heavy atom. The van der Waals surface area contributed by atoms with Gasteiger partial charge in [-0.15, -0.1) is 24.0 Å². The number of aliphatic hydroxyl groups excluding tert-OH is 1. The number of nitrogens with one attached hydrogen (secondary N) is 1. The first-order chi connectivity index (χ1) is 14.5. The summed E-state index contributed by atoms with van der Waals surface area (Å²) in [4.78, 5) is 6.38. The van der Waals surface area contributed by atoms with Crippen LogP contribution in [0, 0.1) is 5.82 Å². The molecule has 0 spiro atoms. The van der Waals surface area contributed by atoms with Crippen LogP contribution < -0.4 is 19.5 Å². The van der Waals surface area contributed by atoms with Crippen LogP contribution in [0.2, 0.25) is 0 Å². The Balaban J connectivity index is 0.00000480. The zero-order valence-electron chi connectivity index (χ0n) is 18.3. The standard InChI is InChI=1S/C22H30FN3O4.HI/c1-5-24-22(26(2)10-11-30-21-9-7-6-8-19(21)23)25-15-20(27)16-12-17(28-3)14-18(13-16)29-4;/h6-9,12-14,20,27H,5,10-11,15H2,1-4H3,(H,24,25);1H. The van der Waals surface area contributed by atoms with Gasteiger partial charge in [-0.25, -0.2) is 4.39 Å². The van der Waals surface area contributed by atoms with Crippen LogP contribution in [0.3, 0.4) is 0 Å². The molecule has 0 radical (unpaired) electrons. The first kappa shape index (κ1) is 26.8. The van der Waals surface area contributed by atoms with Crippen molar-refractivity contribution in [1.29, 1.82) is 0 Å². The summed E-state index contributed by atoms with van der Waals surface area (Å²) in [6.07, 6.45) is -0.828. The molecule has 0 amide bonds. The molecule has 172 valence electrons. The normalized spacial score (nSPS) is 11.9. The van der Waals surface area contributed by atoms with E-state index in [9.17, 15) is 9.50 Å². The van der Waals surface area contributed by atoms with Gasteiger partial charge in [0.1, 0.15) is 18.1 Å². The Kier molecular flexibility index (Phi) is 12.0. The predicted molar refractivity (Wildman–Crippen MR) is 130 cm³/mol. The van der Waals surface area contributed by atoms with Gasteiger partial charge in [0, 0.05) is 19.7 Å². The molecule has 0 aliphatic heterocycles. The minimum absolute atomic E-state index is 0. The van der Waals surface area contributed by atoms with E-state index >= 15 is 0 Å². The van der Waals surface area contributed by atoms with Gasteiger partial charge in [-0.1, -0.05) is 12.1 Å². The van der Waals surface area contributed by atoms with E-state index in [0.29, 0.717) is 36.1 Å². The van der Waals surface area contributed by atoms with Gasteiger partial charge >= 0.3 is 0 Å². The van der Waals surface area contributed by atoms with Gasteiger partial charge in [0.05, 0.1) is 33.4 Å². The van der Waals surface area contributed by atoms with Crippen molar-refractivity contribution in [3.63, 3.8) is 0 Å². The lowest BCUT2D eigenvalue weighted by Gasteiger charge is -2.22. The third-order valence-electron chi connectivity index (χ3n) is 4.39. The monoisotopic (exact) mass is 547 g/mol. The third-order valence-corrected chi connectivity index (χ3v) is 4.39. The lowest BCUT2D eigenvalue weighted by molar-refractivity contribution is 0.185. The second-order valence-electron chi connectivity index (χ2n) is 6.56. The molecule has 0 saturated heterocycles.